The number of hydrogen-bond donors (Lipinski definition) is 3. The van der Waals surface area contributed by atoms with Gasteiger partial charge in [-0.05, 0) is 63.3 Å². The van der Waals surface area contributed by atoms with Crippen molar-refractivity contribution in [3.05, 3.63) is 59.7 Å². The smallest absolute Gasteiger partial charge is 0.335 e. The van der Waals surface area contributed by atoms with Crippen LogP contribution in [0.25, 0.3) is 0 Å². The Morgan fingerprint density at radius 2 is 1.79 bits per heavy atom. The molecule has 1 unspecified atom stereocenters. The first-order chi connectivity index (χ1) is 13.4. The Labute approximate surface area is 165 Å². The SMILES string of the molecule is COc1ccccc1NC(=O)NC(CCCN(C)C)c1ccc(C(=O)O)cc1. The van der Waals surface area contributed by atoms with E-state index in [1.54, 1.807) is 43.5 Å². The van der Waals surface area contributed by atoms with E-state index in [0.717, 1.165) is 24.9 Å². The van der Waals surface area contributed by atoms with Crippen molar-refractivity contribution in [2.45, 2.75) is 18.9 Å². The lowest BCUT2D eigenvalue weighted by atomic mass is 10.0. The third-order valence-electron chi connectivity index (χ3n) is 4.32. The number of urea groups is 1. The van der Waals surface area contributed by atoms with Gasteiger partial charge in [0.25, 0.3) is 0 Å². The number of ether oxygens (including phenoxy) is 1. The summed E-state index contributed by atoms with van der Waals surface area (Å²) in [6, 6.07) is 13.2. The zero-order valence-electron chi connectivity index (χ0n) is 16.4. The molecule has 0 heterocycles. The Morgan fingerprint density at radius 3 is 2.39 bits per heavy atom. The topological polar surface area (TPSA) is 90.9 Å². The van der Waals surface area contributed by atoms with Crippen LogP contribution in [0.5, 0.6) is 5.75 Å². The summed E-state index contributed by atoms with van der Waals surface area (Å²) in [5.74, 6) is -0.398. The van der Waals surface area contributed by atoms with Gasteiger partial charge in [0.1, 0.15) is 5.75 Å². The summed E-state index contributed by atoms with van der Waals surface area (Å²) in [7, 11) is 5.55. The Morgan fingerprint density at radius 1 is 1.11 bits per heavy atom. The summed E-state index contributed by atoms with van der Waals surface area (Å²) in [4.78, 5) is 25.7. The van der Waals surface area contributed by atoms with E-state index in [9.17, 15) is 9.59 Å². The second-order valence-corrected chi connectivity index (χ2v) is 6.72. The molecule has 0 radical (unpaired) electrons. The highest BCUT2D eigenvalue weighted by atomic mass is 16.5. The molecule has 0 bridgehead atoms. The van der Waals surface area contributed by atoms with E-state index >= 15 is 0 Å². The maximum Gasteiger partial charge on any atom is 0.335 e. The van der Waals surface area contributed by atoms with Crippen molar-refractivity contribution in [2.75, 3.05) is 33.1 Å². The molecule has 28 heavy (non-hydrogen) atoms. The molecule has 150 valence electrons. The fraction of sp³-hybridized carbons (Fsp3) is 0.333. The molecule has 0 aromatic heterocycles. The summed E-state index contributed by atoms with van der Waals surface area (Å²) >= 11 is 0. The van der Waals surface area contributed by atoms with Crippen LogP contribution in [0, 0.1) is 0 Å². The highest BCUT2D eigenvalue weighted by Crippen LogP contribution is 2.24. The fourth-order valence-electron chi connectivity index (χ4n) is 2.86. The second-order valence-electron chi connectivity index (χ2n) is 6.72. The van der Waals surface area contributed by atoms with Crippen LogP contribution in [0.4, 0.5) is 10.5 Å². The molecule has 2 aromatic carbocycles. The zero-order chi connectivity index (χ0) is 20.5. The normalized spacial score (nSPS) is 11.7. The molecule has 0 spiro atoms. The summed E-state index contributed by atoms with van der Waals surface area (Å²) in [6.45, 7) is 0.888. The second kappa shape index (κ2) is 10.3. The molecule has 0 aliphatic carbocycles. The number of methoxy groups -OCH3 is 1. The number of nitrogens with zero attached hydrogens (tertiary/aromatic N) is 1. The molecule has 0 aliphatic heterocycles. The lowest BCUT2D eigenvalue weighted by Gasteiger charge is -2.21. The molecule has 0 saturated heterocycles. The van der Waals surface area contributed by atoms with Crippen LogP contribution < -0.4 is 15.4 Å². The highest BCUT2D eigenvalue weighted by Gasteiger charge is 2.16. The van der Waals surface area contributed by atoms with Crippen LogP contribution in [0.15, 0.2) is 48.5 Å². The molecule has 1 atom stereocenters. The lowest BCUT2D eigenvalue weighted by Crippen LogP contribution is -2.33. The summed E-state index contributed by atoms with van der Waals surface area (Å²) in [5, 5.41) is 14.9. The Kier molecular flexibility index (Phi) is 7.83. The third-order valence-corrected chi connectivity index (χ3v) is 4.32. The van der Waals surface area contributed by atoms with Gasteiger partial charge in [-0.3, -0.25) is 0 Å². The number of amides is 2. The number of nitrogens with one attached hydrogen (secondary N) is 2. The molecule has 2 amide bonds. The number of carboxylic acid groups (broad SMARTS) is 1. The number of aromatic carboxylic acids is 1. The highest BCUT2D eigenvalue weighted by molar-refractivity contribution is 5.91. The van der Waals surface area contributed by atoms with Crippen molar-refractivity contribution >= 4 is 17.7 Å². The van der Waals surface area contributed by atoms with Crippen molar-refractivity contribution in [3.63, 3.8) is 0 Å². The number of anilines is 1. The van der Waals surface area contributed by atoms with E-state index in [2.05, 4.69) is 15.5 Å². The van der Waals surface area contributed by atoms with E-state index in [-0.39, 0.29) is 17.6 Å². The number of carbonyl (C=O) groups excluding carboxylic acids is 1. The van der Waals surface area contributed by atoms with Gasteiger partial charge < -0.3 is 25.4 Å². The number of hydrogen-bond acceptors (Lipinski definition) is 4. The zero-order valence-corrected chi connectivity index (χ0v) is 16.4. The molecule has 0 saturated carbocycles. The maximum absolute atomic E-state index is 12.6. The van der Waals surface area contributed by atoms with Crippen LogP contribution in [0.1, 0.15) is 34.8 Å². The molecule has 7 heteroatoms. The molecule has 2 rings (SSSR count). The Hall–Kier alpha value is -3.06. The van der Waals surface area contributed by atoms with Crippen LogP contribution in [-0.2, 0) is 0 Å². The quantitative estimate of drug-likeness (QED) is 0.614. The largest absolute Gasteiger partial charge is 0.495 e. The lowest BCUT2D eigenvalue weighted by molar-refractivity contribution is 0.0697. The first-order valence-corrected chi connectivity index (χ1v) is 9.09. The van der Waals surface area contributed by atoms with E-state index in [4.69, 9.17) is 9.84 Å². The van der Waals surface area contributed by atoms with Gasteiger partial charge in [-0.2, -0.15) is 0 Å². The van der Waals surface area contributed by atoms with Crippen LogP contribution in [0.2, 0.25) is 0 Å². The number of carbonyl (C=O) groups is 2. The van der Waals surface area contributed by atoms with Crippen molar-refractivity contribution < 1.29 is 19.4 Å². The van der Waals surface area contributed by atoms with Crippen molar-refractivity contribution in [2.24, 2.45) is 0 Å². The third kappa shape index (κ3) is 6.28. The van der Waals surface area contributed by atoms with Gasteiger partial charge >= 0.3 is 12.0 Å². The van der Waals surface area contributed by atoms with Crippen molar-refractivity contribution in [1.82, 2.24) is 10.2 Å². The van der Waals surface area contributed by atoms with Crippen LogP contribution >= 0.6 is 0 Å². The summed E-state index contributed by atoms with van der Waals surface area (Å²) < 4.78 is 5.26. The summed E-state index contributed by atoms with van der Waals surface area (Å²) in [5.41, 5.74) is 1.66. The van der Waals surface area contributed by atoms with E-state index in [1.807, 2.05) is 26.2 Å². The van der Waals surface area contributed by atoms with Crippen LogP contribution in [0.3, 0.4) is 0 Å². The molecule has 3 N–H and O–H groups in total. The number of benzene rings is 2. The predicted octanol–water partition coefficient (Wildman–Crippen LogP) is 3.60. The molecule has 2 aromatic rings. The number of carboxylic acids is 1. The predicted molar refractivity (Wildman–Crippen MR) is 109 cm³/mol. The standard InChI is InChI=1S/C21H27N3O4/c1-24(2)14-6-8-17(15-10-12-16(13-11-15)20(25)26)22-21(27)23-18-7-4-5-9-19(18)28-3/h4-5,7,9-13,17H,6,8,14H2,1-3H3,(H,25,26)(H2,22,23,27). The molecular formula is C21H27N3O4. The molecule has 7 nitrogen and oxygen atoms in total. The van der Waals surface area contributed by atoms with E-state index in [1.165, 1.54) is 0 Å². The average molecular weight is 385 g/mol. The summed E-state index contributed by atoms with van der Waals surface area (Å²) in [6.07, 6.45) is 1.61. The minimum absolute atomic E-state index is 0.217. The maximum atomic E-state index is 12.6. The van der Waals surface area contributed by atoms with Gasteiger partial charge in [0.15, 0.2) is 0 Å². The van der Waals surface area contributed by atoms with Crippen molar-refractivity contribution in [3.8, 4) is 5.75 Å². The van der Waals surface area contributed by atoms with Gasteiger partial charge in [-0.15, -0.1) is 0 Å². The van der Waals surface area contributed by atoms with Crippen molar-refractivity contribution in [1.29, 1.82) is 0 Å². The molecule has 0 aliphatic rings. The first kappa shape index (κ1) is 21.2. The molecular weight excluding hydrogens is 358 g/mol. The van der Waals surface area contributed by atoms with Gasteiger partial charge in [-0.25, -0.2) is 9.59 Å². The van der Waals surface area contributed by atoms with Gasteiger partial charge in [0, 0.05) is 0 Å². The van der Waals surface area contributed by atoms with Gasteiger partial charge in [-0.1, -0.05) is 24.3 Å². The average Bonchev–Trinajstić information content (AvgIpc) is 2.67. The van der Waals surface area contributed by atoms with E-state index < -0.39 is 5.97 Å². The Bertz CT molecular complexity index is 790. The number of para-hydroxylation sites is 2. The monoisotopic (exact) mass is 385 g/mol. The Balaban J connectivity index is 2.11. The minimum atomic E-state index is -0.974. The van der Waals surface area contributed by atoms with E-state index in [0.29, 0.717) is 11.4 Å². The van der Waals surface area contributed by atoms with Gasteiger partial charge in [0.2, 0.25) is 0 Å². The molecule has 0 fully saturated rings. The fourth-order valence-corrected chi connectivity index (χ4v) is 2.86. The van der Waals surface area contributed by atoms with Gasteiger partial charge in [0.05, 0.1) is 24.4 Å². The first-order valence-electron chi connectivity index (χ1n) is 9.09. The van der Waals surface area contributed by atoms with Crippen LogP contribution in [-0.4, -0.2) is 49.8 Å². The minimum Gasteiger partial charge on any atom is -0.495 e. The number of rotatable bonds is 9.